The number of carbonyl (C=O) groups is 2. The van der Waals surface area contributed by atoms with Crippen LogP contribution < -0.4 is 15.4 Å². The number of hydrogen-bond acceptors (Lipinski definition) is 5. The van der Waals surface area contributed by atoms with Crippen LogP contribution in [-0.2, 0) is 9.59 Å². The third-order valence-electron chi connectivity index (χ3n) is 4.50. The molecule has 0 atom stereocenters. The molecule has 0 radical (unpaired) electrons. The van der Waals surface area contributed by atoms with Gasteiger partial charge in [0.25, 0.3) is 11.8 Å². The number of anilines is 2. The Balaban J connectivity index is 1.68. The normalized spacial score (nSPS) is 10.8. The van der Waals surface area contributed by atoms with Crippen molar-refractivity contribution in [1.29, 1.82) is 5.26 Å². The molecule has 0 aliphatic heterocycles. The molecule has 2 amide bonds. The van der Waals surface area contributed by atoms with Crippen LogP contribution in [0.2, 0.25) is 0 Å². The molecule has 0 saturated heterocycles. The molecule has 7 nitrogen and oxygen atoms in total. The second kappa shape index (κ2) is 11.5. The van der Waals surface area contributed by atoms with Gasteiger partial charge in [-0.25, -0.2) is 0 Å². The fraction of sp³-hybridized carbons (Fsp3) is 0.0800. The second-order valence-corrected chi connectivity index (χ2v) is 8.90. The van der Waals surface area contributed by atoms with E-state index in [1.165, 1.54) is 30.3 Å². The molecule has 0 heterocycles. The molecule has 3 N–H and O–H groups in total. The molecule has 172 valence electrons. The SMILES string of the molecule is Cc1ccc(NC(=O)COc2c(Br)cc(/C=C(\C#N)C(=O)Nc3ccc(O)cc3)cc2Br)cc1. The highest BCUT2D eigenvalue weighted by Gasteiger charge is 2.14. The smallest absolute Gasteiger partial charge is 0.266 e. The fourth-order valence-corrected chi connectivity index (χ4v) is 4.28. The first-order valence-electron chi connectivity index (χ1n) is 9.95. The minimum atomic E-state index is -0.589. The lowest BCUT2D eigenvalue weighted by molar-refractivity contribution is -0.118. The predicted molar refractivity (Wildman–Crippen MR) is 137 cm³/mol. The Kier molecular flexibility index (Phi) is 8.46. The van der Waals surface area contributed by atoms with E-state index in [-0.39, 0.29) is 23.8 Å². The molecular weight excluding hydrogens is 566 g/mol. The van der Waals surface area contributed by atoms with E-state index in [4.69, 9.17) is 4.74 Å². The Morgan fingerprint density at radius 3 is 2.15 bits per heavy atom. The number of hydrogen-bond donors (Lipinski definition) is 3. The van der Waals surface area contributed by atoms with E-state index in [1.807, 2.05) is 37.3 Å². The van der Waals surface area contributed by atoms with Crippen molar-refractivity contribution in [2.45, 2.75) is 6.92 Å². The molecule has 9 heteroatoms. The molecule has 0 spiro atoms. The van der Waals surface area contributed by atoms with Crippen LogP contribution in [0.5, 0.6) is 11.5 Å². The molecule has 3 rings (SSSR count). The number of ether oxygens (including phenoxy) is 1. The number of rotatable bonds is 7. The van der Waals surface area contributed by atoms with Crippen molar-refractivity contribution >= 4 is 61.1 Å². The monoisotopic (exact) mass is 583 g/mol. The van der Waals surface area contributed by atoms with Gasteiger partial charge in [0.15, 0.2) is 6.61 Å². The predicted octanol–water partition coefficient (Wildman–Crippen LogP) is 5.79. The summed E-state index contributed by atoms with van der Waals surface area (Å²) in [5.41, 5.74) is 2.66. The Morgan fingerprint density at radius 1 is 1.00 bits per heavy atom. The van der Waals surface area contributed by atoms with Gasteiger partial charge in [-0.3, -0.25) is 9.59 Å². The van der Waals surface area contributed by atoms with E-state index in [9.17, 15) is 20.0 Å². The molecule has 0 aromatic heterocycles. The first-order valence-corrected chi connectivity index (χ1v) is 11.5. The van der Waals surface area contributed by atoms with Crippen molar-refractivity contribution in [1.82, 2.24) is 0 Å². The summed E-state index contributed by atoms with van der Waals surface area (Å²) in [5, 5.41) is 24.1. The maximum absolute atomic E-state index is 12.5. The molecule has 0 fully saturated rings. The van der Waals surface area contributed by atoms with Gasteiger partial charge < -0.3 is 20.5 Å². The first-order chi connectivity index (χ1) is 16.2. The van der Waals surface area contributed by atoms with Gasteiger partial charge in [0.1, 0.15) is 23.1 Å². The maximum atomic E-state index is 12.5. The molecule has 0 saturated carbocycles. The maximum Gasteiger partial charge on any atom is 0.266 e. The van der Waals surface area contributed by atoms with Gasteiger partial charge in [-0.05, 0) is 99.0 Å². The highest BCUT2D eigenvalue weighted by Crippen LogP contribution is 2.35. The quantitative estimate of drug-likeness (QED) is 0.185. The van der Waals surface area contributed by atoms with E-state index in [2.05, 4.69) is 42.5 Å². The highest BCUT2D eigenvalue weighted by molar-refractivity contribution is 9.11. The largest absolute Gasteiger partial charge is 0.508 e. The number of aryl methyl sites for hydroxylation is 1. The van der Waals surface area contributed by atoms with Crippen LogP contribution >= 0.6 is 31.9 Å². The Morgan fingerprint density at radius 2 is 1.56 bits per heavy atom. The van der Waals surface area contributed by atoms with E-state index in [1.54, 1.807) is 12.1 Å². The van der Waals surface area contributed by atoms with Crippen LogP contribution in [0.3, 0.4) is 0 Å². The summed E-state index contributed by atoms with van der Waals surface area (Å²) >= 11 is 6.82. The number of halogens is 2. The zero-order valence-electron chi connectivity index (χ0n) is 17.9. The van der Waals surface area contributed by atoms with Gasteiger partial charge in [-0.1, -0.05) is 17.7 Å². The van der Waals surface area contributed by atoms with Crippen molar-refractivity contribution in [2.75, 3.05) is 17.2 Å². The molecule has 0 bridgehead atoms. The number of phenolic OH excluding ortho intramolecular Hbond substituents is 1. The summed E-state index contributed by atoms with van der Waals surface area (Å²) in [7, 11) is 0. The van der Waals surface area contributed by atoms with Gasteiger partial charge in [0.05, 0.1) is 8.95 Å². The first kappa shape index (κ1) is 25.0. The van der Waals surface area contributed by atoms with Crippen LogP contribution in [0.4, 0.5) is 11.4 Å². The number of nitrogens with one attached hydrogen (secondary N) is 2. The number of carbonyl (C=O) groups excluding carboxylic acids is 2. The lowest BCUT2D eigenvalue weighted by Gasteiger charge is -2.12. The Labute approximate surface area is 213 Å². The average Bonchev–Trinajstić information content (AvgIpc) is 2.80. The van der Waals surface area contributed by atoms with E-state index in [0.717, 1.165) is 5.56 Å². The van der Waals surface area contributed by atoms with Crippen molar-refractivity contribution in [3.05, 3.63) is 86.3 Å². The number of benzene rings is 3. The third-order valence-corrected chi connectivity index (χ3v) is 5.68. The van der Waals surface area contributed by atoms with Crippen LogP contribution in [0.1, 0.15) is 11.1 Å². The van der Waals surface area contributed by atoms with E-state index >= 15 is 0 Å². The third kappa shape index (κ3) is 6.94. The standard InChI is InChI=1S/C25H19Br2N3O4/c1-15-2-4-18(5-3-15)29-23(32)14-34-24-21(26)11-16(12-22(24)27)10-17(13-28)25(33)30-19-6-8-20(31)9-7-19/h2-12,31H,14H2,1H3,(H,29,32)(H,30,33)/b17-10+. The average molecular weight is 585 g/mol. The zero-order chi connectivity index (χ0) is 24.7. The molecule has 0 aliphatic carbocycles. The summed E-state index contributed by atoms with van der Waals surface area (Å²) in [6.45, 7) is 1.75. The second-order valence-electron chi connectivity index (χ2n) is 7.19. The molecule has 0 unspecified atom stereocenters. The van der Waals surface area contributed by atoms with Gasteiger partial charge in [0.2, 0.25) is 0 Å². The number of amides is 2. The van der Waals surface area contributed by atoms with E-state index < -0.39 is 5.91 Å². The molecule has 34 heavy (non-hydrogen) atoms. The highest BCUT2D eigenvalue weighted by atomic mass is 79.9. The number of phenols is 1. The van der Waals surface area contributed by atoms with Gasteiger partial charge in [-0.2, -0.15) is 5.26 Å². The van der Waals surface area contributed by atoms with Gasteiger partial charge in [-0.15, -0.1) is 0 Å². The Bertz CT molecular complexity index is 1260. The summed E-state index contributed by atoms with van der Waals surface area (Å²) in [6.07, 6.45) is 1.43. The topological polar surface area (TPSA) is 111 Å². The lowest BCUT2D eigenvalue weighted by atomic mass is 10.1. The molecule has 3 aromatic rings. The minimum absolute atomic E-state index is 0.0682. The summed E-state index contributed by atoms with van der Waals surface area (Å²) in [4.78, 5) is 24.7. The fourth-order valence-electron chi connectivity index (χ4n) is 2.83. The Hall–Kier alpha value is -3.61. The van der Waals surface area contributed by atoms with Crippen molar-refractivity contribution in [3.8, 4) is 17.6 Å². The lowest BCUT2D eigenvalue weighted by Crippen LogP contribution is -2.20. The summed E-state index contributed by atoms with van der Waals surface area (Å²) in [5.74, 6) is -0.431. The summed E-state index contributed by atoms with van der Waals surface area (Å²) < 4.78 is 6.73. The van der Waals surface area contributed by atoms with Crippen molar-refractivity contribution in [2.24, 2.45) is 0 Å². The van der Waals surface area contributed by atoms with Crippen LogP contribution in [0, 0.1) is 18.3 Å². The molecule has 3 aromatic carbocycles. The van der Waals surface area contributed by atoms with Gasteiger partial charge in [0, 0.05) is 11.4 Å². The van der Waals surface area contributed by atoms with Crippen LogP contribution in [0.25, 0.3) is 6.08 Å². The summed E-state index contributed by atoms with van der Waals surface area (Å²) in [6, 6.07) is 18.6. The minimum Gasteiger partial charge on any atom is -0.508 e. The van der Waals surface area contributed by atoms with E-state index in [0.29, 0.717) is 31.6 Å². The van der Waals surface area contributed by atoms with Crippen LogP contribution in [0.15, 0.2) is 75.2 Å². The van der Waals surface area contributed by atoms with Crippen LogP contribution in [-0.4, -0.2) is 23.5 Å². The number of nitriles is 1. The molecular formula is C25H19Br2N3O4. The zero-order valence-corrected chi connectivity index (χ0v) is 21.1. The van der Waals surface area contributed by atoms with Gasteiger partial charge >= 0.3 is 0 Å². The number of aromatic hydroxyl groups is 1. The van der Waals surface area contributed by atoms with Crippen molar-refractivity contribution in [3.63, 3.8) is 0 Å². The van der Waals surface area contributed by atoms with Crippen molar-refractivity contribution < 1.29 is 19.4 Å². The molecule has 0 aliphatic rings. The number of nitrogens with zero attached hydrogens (tertiary/aromatic N) is 1.